The molecule has 2 fully saturated rings. The van der Waals surface area contributed by atoms with Crippen LogP contribution in [-0.2, 0) is 20.6 Å². The lowest BCUT2D eigenvalue weighted by atomic mass is 9.99. The molecule has 1 N–H and O–H groups in total. The normalized spacial score (nSPS) is 22.1. The summed E-state index contributed by atoms with van der Waals surface area (Å²) in [7, 11) is -3.55. The largest absolute Gasteiger partial charge is 0.332 e. The number of carbonyl (C=O) groups is 2. The molecule has 0 aliphatic carbocycles. The number of anilines is 1. The van der Waals surface area contributed by atoms with E-state index in [0.717, 1.165) is 4.47 Å². The molecule has 3 amide bonds. The highest BCUT2D eigenvalue weighted by Gasteiger charge is 2.48. The van der Waals surface area contributed by atoms with E-state index in [1.807, 2.05) is 6.07 Å². The van der Waals surface area contributed by atoms with E-state index in [9.17, 15) is 18.0 Å². The molecular formula is C20H20BrN3O4S. The molecule has 2 heterocycles. The van der Waals surface area contributed by atoms with Crippen LogP contribution in [0.5, 0.6) is 0 Å². The Kier molecular flexibility index (Phi) is 5.46. The quantitative estimate of drug-likeness (QED) is 0.670. The number of rotatable bonds is 5. The molecule has 2 atom stereocenters. The maximum atomic E-state index is 12.9. The lowest BCUT2D eigenvalue weighted by Gasteiger charge is -2.32. The Labute approximate surface area is 177 Å². The van der Waals surface area contributed by atoms with Crippen molar-refractivity contribution in [2.24, 2.45) is 0 Å². The smallest absolute Gasteiger partial charge is 0.312 e. The van der Waals surface area contributed by atoms with Crippen molar-refractivity contribution in [2.45, 2.75) is 30.7 Å². The van der Waals surface area contributed by atoms with Gasteiger partial charge in [-0.05, 0) is 42.7 Å². The van der Waals surface area contributed by atoms with E-state index in [0.29, 0.717) is 24.2 Å². The Morgan fingerprint density at radius 1 is 1.03 bits per heavy atom. The van der Waals surface area contributed by atoms with E-state index in [2.05, 4.69) is 20.7 Å². The molecule has 0 radical (unpaired) electrons. The fraction of sp³-hybridized carbons (Fsp3) is 0.300. The predicted molar refractivity (Wildman–Crippen MR) is 113 cm³/mol. The summed E-state index contributed by atoms with van der Waals surface area (Å²) >= 11 is 3.34. The summed E-state index contributed by atoms with van der Waals surface area (Å²) in [6.45, 7) is 0.334. The number of hydrogen-bond donors (Lipinski definition) is 1. The highest BCUT2D eigenvalue weighted by molar-refractivity contribution is 9.10. The molecule has 2 aromatic rings. The van der Waals surface area contributed by atoms with Gasteiger partial charge in [0.05, 0.1) is 11.4 Å². The summed E-state index contributed by atoms with van der Waals surface area (Å²) < 4.78 is 28.6. The van der Waals surface area contributed by atoms with Crippen LogP contribution in [0.3, 0.4) is 0 Å². The Hall–Kier alpha value is -2.23. The molecule has 9 heteroatoms. The molecule has 29 heavy (non-hydrogen) atoms. The second kappa shape index (κ2) is 7.89. The molecule has 2 aliphatic rings. The van der Waals surface area contributed by atoms with Gasteiger partial charge in [-0.3, -0.25) is 4.79 Å². The van der Waals surface area contributed by atoms with Gasteiger partial charge in [0.25, 0.3) is 5.91 Å². The summed E-state index contributed by atoms with van der Waals surface area (Å²) in [6, 6.07) is 14.5. The van der Waals surface area contributed by atoms with Gasteiger partial charge >= 0.3 is 6.03 Å². The topological polar surface area (TPSA) is 86.8 Å². The SMILES string of the molecule is O=C1[C@@H]2C[C@H](NS(=O)(=O)Cc3ccccc3)CCN2C(=O)N1c1ccc(Br)cc1. The third-order valence-electron chi connectivity index (χ3n) is 5.18. The van der Waals surface area contributed by atoms with Crippen molar-refractivity contribution in [3.05, 3.63) is 64.6 Å². The van der Waals surface area contributed by atoms with Crippen LogP contribution in [0, 0.1) is 0 Å². The second-order valence-electron chi connectivity index (χ2n) is 7.23. The monoisotopic (exact) mass is 477 g/mol. The lowest BCUT2D eigenvalue weighted by molar-refractivity contribution is -0.120. The van der Waals surface area contributed by atoms with Crippen LogP contribution in [0.15, 0.2) is 59.1 Å². The number of carbonyl (C=O) groups excluding carboxylic acids is 2. The van der Waals surface area contributed by atoms with Crippen molar-refractivity contribution in [2.75, 3.05) is 11.4 Å². The average Bonchev–Trinajstić information content (AvgIpc) is 2.93. The maximum Gasteiger partial charge on any atom is 0.332 e. The predicted octanol–water partition coefficient (Wildman–Crippen LogP) is 2.87. The summed E-state index contributed by atoms with van der Waals surface area (Å²) in [5.41, 5.74) is 1.21. The molecule has 4 rings (SSSR count). The van der Waals surface area contributed by atoms with Crippen LogP contribution in [-0.4, -0.2) is 43.9 Å². The summed E-state index contributed by atoms with van der Waals surface area (Å²) in [5, 5.41) is 0. The van der Waals surface area contributed by atoms with Gasteiger partial charge in [-0.2, -0.15) is 0 Å². The Morgan fingerprint density at radius 3 is 2.41 bits per heavy atom. The number of urea groups is 1. The molecule has 2 aliphatic heterocycles. The van der Waals surface area contributed by atoms with E-state index in [1.54, 1.807) is 48.5 Å². The van der Waals surface area contributed by atoms with Gasteiger partial charge in [0.1, 0.15) is 6.04 Å². The molecule has 0 bridgehead atoms. The Balaban J connectivity index is 1.46. The molecule has 0 aromatic heterocycles. The third kappa shape index (κ3) is 4.22. The van der Waals surface area contributed by atoms with Gasteiger partial charge in [0.15, 0.2) is 0 Å². The highest BCUT2D eigenvalue weighted by Crippen LogP contribution is 2.31. The van der Waals surface area contributed by atoms with E-state index in [-0.39, 0.29) is 30.2 Å². The average molecular weight is 478 g/mol. The zero-order valence-corrected chi connectivity index (χ0v) is 17.9. The molecule has 2 saturated heterocycles. The standard InChI is InChI=1S/C20H20BrN3O4S/c21-15-6-8-17(9-7-15)24-19(25)18-12-16(10-11-23(18)20(24)26)22-29(27,28)13-14-4-2-1-3-5-14/h1-9,16,18,22H,10-13H2/t16-,18+/m1/s1. The minimum absolute atomic E-state index is 0.114. The number of hydrogen-bond acceptors (Lipinski definition) is 4. The van der Waals surface area contributed by atoms with Crippen LogP contribution in [0.4, 0.5) is 10.5 Å². The number of amides is 3. The fourth-order valence-corrected chi connectivity index (χ4v) is 5.53. The number of imide groups is 1. The Bertz CT molecular complexity index is 1030. The lowest BCUT2D eigenvalue weighted by Crippen LogP contribution is -2.49. The van der Waals surface area contributed by atoms with Gasteiger partial charge in [-0.25, -0.2) is 22.8 Å². The zero-order valence-electron chi connectivity index (χ0n) is 15.5. The molecule has 2 aromatic carbocycles. The second-order valence-corrected chi connectivity index (χ2v) is 9.90. The molecular weight excluding hydrogens is 458 g/mol. The summed E-state index contributed by atoms with van der Waals surface area (Å²) in [6.07, 6.45) is 0.739. The highest BCUT2D eigenvalue weighted by atomic mass is 79.9. The van der Waals surface area contributed by atoms with Crippen molar-refractivity contribution in [3.63, 3.8) is 0 Å². The van der Waals surface area contributed by atoms with E-state index in [1.165, 1.54) is 9.80 Å². The van der Waals surface area contributed by atoms with Gasteiger partial charge in [-0.15, -0.1) is 0 Å². The van der Waals surface area contributed by atoms with Crippen molar-refractivity contribution < 1.29 is 18.0 Å². The number of nitrogens with one attached hydrogen (secondary N) is 1. The van der Waals surface area contributed by atoms with Crippen LogP contribution in [0.1, 0.15) is 18.4 Å². The first-order valence-electron chi connectivity index (χ1n) is 9.28. The molecule has 0 saturated carbocycles. The van der Waals surface area contributed by atoms with Crippen molar-refractivity contribution >= 4 is 43.6 Å². The van der Waals surface area contributed by atoms with Crippen molar-refractivity contribution in [3.8, 4) is 0 Å². The van der Waals surface area contributed by atoms with Crippen LogP contribution < -0.4 is 9.62 Å². The summed E-state index contributed by atoms with van der Waals surface area (Å²) in [4.78, 5) is 28.4. The fourth-order valence-electron chi connectivity index (χ4n) is 3.82. The van der Waals surface area contributed by atoms with Crippen LogP contribution >= 0.6 is 15.9 Å². The first-order valence-corrected chi connectivity index (χ1v) is 11.7. The Morgan fingerprint density at radius 2 is 1.72 bits per heavy atom. The van der Waals surface area contributed by atoms with Gasteiger partial charge in [0.2, 0.25) is 10.0 Å². The van der Waals surface area contributed by atoms with Crippen LogP contribution in [0.2, 0.25) is 0 Å². The van der Waals surface area contributed by atoms with E-state index >= 15 is 0 Å². The maximum absolute atomic E-state index is 12.9. The van der Waals surface area contributed by atoms with Gasteiger partial charge in [0, 0.05) is 17.1 Å². The first-order chi connectivity index (χ1) is 13.8. The molecule has 0 spiro atoms. The number of piperidine rings is 1. The van der Waals surface area contributed by atoms with E-state index < -0.39 is 16.1 Å². The van der Waals surface area contributed by atoms with E-state index in [4.69, 9.17) is 0 Å². The molecule has 7 nitrogen and oxygen atoms in total. The number of nitrogens with zero attached hydrogens (tertiary/aromatic N) is 2. The van der Waals surface area contributed by atoms with Gasteiger partial charge < -0.3 is 4.90 Å². The minimum Gasteiger partial charge on any atom is -0.312 e. The van der Waals surface area contributed by atoms with Crippen molar-refractivity contribution in [1.29, 1.82) is 0 Å². The minimum atomic E-state index is -3.55. The van der Waals surface area contributed by atoms with Gasteiger partial charge in [-0.1, -0.05) is 46.3 Å². The molecule has 152 valence electrons. The van der Waals surface area contributed by atoms with Crippen LogP contribution in [0.25, 0.3) is 0 Å². The third-order valence-corrected chi connectivity index (χ3v) is 7.11. The number of benzene rings is 2. The molecule has 0 unspecified atom stereocenters. The summed E-state index contributed by atoms with van der Waals surface area (Å²) in [5.74, 6) is -0.430. The first kappa shape index (κ1) is 20.1. The van der Waals surface area contributed by atoms with Crippen molar-refractivity contribution in [1.82, 2.24) is 9.62 Å². The number of fused-ring (bicyclic) bond motifs is 1. The zero-order chi connectivity index (χ0) is 20.6. The number of sulfonamides is 1. The number of halogens is 1.